The second-order valence-corrected chi connectivity index (χ2v) is 6.43. The molecule has 0 aromatic carbocycles. The van der Waals surface area contributed by atoms with Gasteiger partial charge < -0.3 is 4.74 Å². The van der Waals surface area contributed by atoms with E-state index in [0.717, 1.165) is 25.2 Å². The van der Waals surface area contributed by atoms with Gasteiger partial charge in [-0.3, -0.25) is 4.90 Å². The second kappa shape index (κ2) is 4.42. The van der Waals surface area contributed by atoms with Crippen LogP contribution in [-0.2, 0) is 4.74 Å². The Morgan fingerprint density at radius 3 is 2.27 bits per heavy atom. The van der Waals surface area contributed by atoms with E-state index in [4.69, 9.17) is 4.74 Å². The van der Waals surface area contributed by atoms with Crippen LogP contribution in [0.5, 0.6) is 0 Å². The molecular weight excluding hydrogens is 186 g/mol. The van der Waals surface area contributed by atoms with E-state index in [2.05, 4.69) is 25.7 Å². The van der Waals surface area contributed by atoms with Crippen LogP contribution >= 0.6 is 0 Å². The zero-order valence-corrected chi connectivity index (χ0v) is 10.5. The Hall–Kier alpha value is -0.0800. The summed E-state index contributed by atoms with van der Waals surface area (Å²) in [4.78, 5) is 2.67. The van der Waals surface area contributed by atoms with Crippen LogP contribution in [0.25, 0.3) is 0 Å². The summed E-state index contributed by atoms with van der Waals surface area (Å²) in [5.41, 5.74) is 0.506. The molecule has 0 bridgehead atoms. The van der Waals surface area contributed by atoms with Crippen molar-refractivity contribution in [2.75, 3.05) is 26.3 Å². The molecule has 2 heterocycles. The number of likely N-dealkylation sites (tertiary alicyclic amines) is 1. The summed E-state index contributed by atoms with van der Waals surface area (Å²) in [6, 6.07) is 0.829. The lowest BCUT2D eigenvalue weighted by molar-refractivity contribution is -0.0244. The highest BCUT2D eigenvalue weighted by molar-refractivity contribution is 4.88. The number of rotatable bonds is 2. The van der Waals surface area contributed by atoms with Gasteiger partial charge in [-0.2, -0.15) is 0 Å². The van der Waals surface area contributed by atoms with Crippen molar-refractivity contribution in [3.63, 3.8) is 0 Å². The lowest BCUT2D eigenvalue weighted by Gasteiger charge is -2.47. The van der Waals surface area contributed by atoms with E-state index in [1.54, 1.807) is 0 Å². The molecule has 0 amide bonds. The Morgan fingerprint density at radius 2 is 1.73 bits per heavy atom. The van der Waals surface area contributed by atoms with Crippen LogP contribution in [-0.4, -0.2) is 37.2 Å². The summed E-state index contributed by atoms with van der Waals surface area (Å²) in [6.45, 7) is 11.7. The third kappa shape index (κ3) is 3.18. The summed E-state index contributed by atoms with van der Waals surface area (Å²) in [7, 11) is 0. The maximum atomic E-state index is 5.40. The van der Waals surface area contributed by atoms with Crippen molar-refractivity contribution in [1.29, 1.82) is 0 Å². The first kappa shape index (κ1) is 11.4. The van der Waals surface area contributed by atoms with Gasteiger partial charge in [-0.05, 0) is 30.6 Å². The zero-order valence-electron chi connectivity index (χ0n) is 10.5. The highest BCUT2D eigenvalue weighted by atomic mass is 16.5. The summed E-state index contributed by atoms with van der Waals surface area (Å²) < 4.78 is 5.40. The van der Waals surface area contributed by atoms with Crippen LogP contribution in [0.4, 0.5) is 0 Å². The first-order chi connectivity index (χ1) is 7.04. The van der Waals surface area contributed by atoms with Crippen molar-refractivity contribution >= 4 is 0 Å². The van der Waals surface area contributed by atoms with E-state index in [9.17, 15) is 0 Å². The first-order valence-corrected chi connectivity index (χ1v) is 6.36. The van der Waals surface area contributed by atoms with E-state index in [0.29, 0.717) is 5.41 Å². The molecule has 15 heavy (non-hydrogen) atoms. The summed E-state index contributed by atoms with van der Waals surface area (Å²) in [5.74, 6) is 0.952. The Balaban J connectivity index is 1.68. The van der Waals surface area contributed by atoms with E-state index in [1.807, 2.05) is 0 Å². The van der Waals surface area contributed by atoms with E-state index in [1.165, 1.54) is 32.4 Å². The summed E-state index contributed by atoms with van der Waals surface area (Å²) in [6.07, 6.45) is 3.89. The second-order valence-electron chi connectivity index (χ2n) is 6.43. The standard InChI is InChI=1S/C13H25NO/c1-13(2,3)8-11-9-14(10-11)12-4-6-15-7-5-12/h11-12H,4-10H2,1-3H3. The Kier molecular flexibility index (Phi) is 3.36. The van der Waals surface area contributed by atoms with Crippen LogP contribution in [0.1, 0.15) is 40.0 Å². The molecule has 0 aromatic rings. The average Bonchev–Trinajstić information content (AvgIpc) is 2.11. The van der Waals surface area contributed by atoms with Crippen molar-refractivity contribution in [3.8, 4) is 0 Å². The number of hydrogen-bond donors (Lipinski definition) is 0. The molecule has 2 aliphatic rings. The number of ether oxygens (including phenoxy) is 1. The lowest BCUT2D eigenvalue weighted by atomic mass is 9.80. The molecule has 2 heteroatoms. The van der Waals surface area contributed by atoms with E-state index in [-0.39, 0.29) is 0 Å². The molecule has 0 aromatic heterocycles. The van der Waals surface area contributed by atoms with Gasteiger partial charge in [0.25, 0.3) is 0 Å². The summed E-state index contributed by atoms with van der Waals surface area (Å²) in [5, 5.41) is 0. The van der Waals surface area contributed by atoms with Gasteiger partial charge in [-0.1, -0.05) is 20.8 Å². The SMILES string of the molecule is CC(C)(C)CC1CN(C2CCOCC2)C1. The van der Waals surface area contributed by atoms with Crippen LogP contribution < -0.4 is 0 Å². The largest absolute Gasteiger partial charge is 0.381 e. The Bertz CT molecular complexity index is 197. The number of nitrogens with zero attached hydrogens (tertiary/aromatic N) is 1. The predicted octanol–water partition coefficient (Wildman–Crippen LogP) is 2.53. The van der Waals surface area contributed by atoms with Gasteiger partial charge in [-0.25, -0.2) is 0 Å². The van der Waals surface area contributed by atoms with Gasteiger partial charge in [0.05, 0.1) is 0 Å². The van der Waals surface area contributed by atoms with Crippen molar-refractivity contribution in [3.05, 3.63) is 0 Å². The Morgan fingerprint density at radius 1 is 1.13 bits per heavy atom. The van der Waals surface area contributed by atoms with E-state index < -0.39 is 0 Å². The molecule has 0 aliphatic carbocycles. The van der Waals surface area contributed by atoms with Gasteiger partial charge in [0.2, 0.25) is 0 Å². The minimum atomic E-state index is 0.506. The van der Waals surface area contributed by atoms with Crippen molar-refractivity contribution in [2.45, 2.75) is 46.1 Å². The van der Waals surface area contributed by atoms with Gasteiger partial charge in [0.15, 0.2) is 0 Å². The molecule has 0 spiro atoms. The predicted molar refractivity (Wildman–Crippen MR) is 63.0 cm³/mol. The van der Waals surface area contributed by atoms with Crippen LogP contribution in [0, 0.1) is 11.3 Å². The van der Waals surface area contributed by atoms with Gasteiger partial charge >= 0.3 is 0 Å². The quantitative estimate of drug-likeness (QED) is 0.696. The fraction of sp³-hybridized carbons (Fsp3) is 1.00. The van der Waals surface area contributed by atoms with Crippen LogP contribution in [0.3, 0.4) is 0 Å². The third-order valence-electron chi connectivity index (χ3n) is 3.59. The maximum absolute atomic E-state index is 5.40. The molecule has 2 aliphatic heterocycles. The smallest absolute Gasteiger partial charge is 0.0480 e. The van der Waals surface area contributed by atoms with Crippen molar-refractivity contribution in [2.24, 2.45) is 11.3 Å². The molecule has 0 atom stereocenters. The molecule has 0 unspecified atom stereocenters. The summed E-state index contributed by atoms with van der Waals surface area (Å²) >= 11 is 0. The zero-order chi connectivity index (χ0) is 10.9. The molecule has 2 nitrogen and oxygen atoms in total. The van der Waals surface area contributed by atoms with E-state index >= 15 is 0 Å². The molecule has 0 radical (unpaired) electrons. The third-order valence-corrected chi connectivity index (χ3v) is 3.59. The Labute approximate surface area is 94.0 Å². The van der Waals surface area contributed by atoms with Crippen LogP contribution in [0.2, 0.25) is 0 Å². The van der Waals surface area contributed by atoms with Crippen LogP contribution in [0.15, 0.2) is 0 Å². The molecule has 2 fully saturated rings. The minimum absolute atomic E-state index is 0.506. The highest BCUT2D eigenvalue weighted by Crippen LogP contribution is 2.32. The highest BCUT2D eigenvalue weighted by Gasteiger charge is 2.34. The molecule has 0 N–H and O–H groups in total. The average molecular weight is 211 g/mol. The van der Waals surface area contributed by atoms with Gasteiger partial charge in [0, 0.05) is 32.3 Å². The topological polar surface area (TPSA) is 12.5 Å². The molecule has 0 saturated carbocycles. The number of hydrogen-bond acceptors (Lipinski definition) is 2. The fourth-order valence-corrected chi connectivity index (χ4v) is 2.95. The minimum Gasteiger partial charge on any atom is -0.381 e. The van der Waals surface area contributed by atoms with Gasteiger partial charge in [-0.15, -0.1) is 0 Å². The molecule has 2 saturated heterocycles. The van der Waals surface area contributed by atoms with Gasteiger partial charge in [0.1, 0.15) is 0 Å². The maximum Gasteiger partial charge on any atom is 0.0480 e. The van der Waals surface area contributed by atoms with Crippen molar-refractivity contribution < 1.29 is 4.74 Å². The molecule has 2 rings (SSSR count). The molecule has 88 valence electrons. The monoisotopic (exact) mass is 211 g/mol. The normalized spacial score (nSPS) is 26.6. The fourth-order valence-electron chi connectivity index (χ4n) is 2.95. The van der Waals surface area contributed by atoms with Crippen molar-refractivity contribution in [1.82, 2.24) is 4.90 Å². The first-order valence-electron chi connectivity index (χ1n) is 6.36. The lowest BCUT2D eigenvalue weighted by Crippen LogP contribution is -2.54. The molecular formula is C13H25NO.